The number of anilines is 1. The number of nitrogens with zero attached hydrogens (tertiary/aromatic N) is 3. The predicted molar refractivity (Wildman–Crippen MR) is 135 cm³/mol. The maximum Gasteiger partial charge on any atom is 0.270 e. The summed E-state index contributed by atoms with van der Waals surface area (Å²) in [6.45, 7) is 5.32. The normalized spacial score (nSPS) is 15.1. The summed E-state index contributed by atoms with van der Waals surface area (Å²) in [5, 5.41) is 13.5. The fourth-order valence-corrected chi connectivity index (χ4v) is 4.30. The van der Waals surface area contributed by atoms with Gasteiger partial charge in [-0.1, -0.05) is 17.7 Å². The zero-order valence-corrected chi connectivity index (χ0v) is 21.1. The number of amides is 1. The summed E-state index contributed by atoms with van der Waals surface area (Å²) < 4.78 is 26.9. The summed E-state index contributed by atoms with van der Waals surface area (Å²) in [5.41, 5.74) is 3.07. The molecule has 3 aromatic rings. The molecule has 10 heteroatoms. The lowest BCUT2D eigenvalue weighted by Gasteiger charge is -2.24. The van der Waals surface area contributed by atoms with Crippen molar-refractivity contribution in [2.75, 3.05) is 31.9 Å². The second-order valence-electron chi connectivity index (χ2n) is 8.89. The van der Waals surface area contributed by atoms with E-state index in [1.54, 1.807) is 17.2 Å². The molecule has 192 valence electrons. The largest absolute Gasteiger partial charge is 0.392 e. The van der Waals surface area contributed by atoms with Crippen LogP contribution < -0.4 is 5.32 Å². The lowest BCUT2D eigenvalue weighted by Crippen LogP contribution is -2.35. The van der Waals surface area contributed by atoms with Gasteiger partial charge in [-0.05, 0) is 49.2 Å². The van der Waals surface area contributed by atoms with Gasteiger partial charge >= 0.3 is 0 Å². The monoisotopic (exact) mass is 516 g/mol. The Morgan fingerprint density at radius 1 is 1.17 bits per heavy atom. The van der Waals surface area contributed by atoms with Gasteiger partial charge in [0, 0.05) is 49.2 Å². The van der Waals surface area contributed by atoms with Gasteiger partial charge in [0.15, 0.2) is 0 Å². The zero-order valence-electron chi connectivity index (χ0n) is 20.3. The van der Waals surface area contributed by atoms with Gasteiger partial charge in [0.25, 0.3) is 5.91 Å². The van der Waals surface area contributed by atoms with Crippen LogP contribution in [-0.2, 0) is 29.2 Å². The minimum Gasteiger partial charge on any atom is -0.392 e. The molecule has 0 saturated carbocycles. The van der Waals surface area contributed by atoms with Crippen molar-refractivity contribution >= 4 is 23.3 Å². The van der Waals surface area contributed by atoms with Gasteiger partial charge in [-0.15, -0.1) is 0 Å². The third kappa shape index (κ3) is 6.22. The maximum absolute atomic E-state index is 14.0. The Bertz CT molecular complexity index is 1220. The molecule has 3 heterocycles. The van der Waals surface area contributed by atoms with Crippen LogP contribution in [0.25, 0.3) is 11.1 Å². The number of nitrogens with one attached hydrogen (secondary N) is 1. The first-order valence-corrected chi connectivity index (χ1v) is 12.2. The summed E-state index contributed by atoms with van der Waals surface area (Å²) in [6, 6.07) is 8.02. The SMILES string of the molecule is CC(C)Nc1cc(-c2cc3n(c2)CCOCOCCN(Cc2cc(F)ccc2CO)C3=O)c(Cl)cn1. The molecule has 1 aromatic carbocycles. The van der Waals surface area contributed by atoms with E-state index in [4.69, 9.17) is 21.1 Å². The number of halogens is 2. The summed E-state index contributed by atoms with van der Waals surface area (Å²) in [7, 11) is 0. The van der Waals surface area contributed by atoms with E-state index < -0.39 is 5.82 Å². The molecule has 2 aromatic heterocycles. The molecular formula is C26H30ClFN4O4. The molecule has 2 N–H and O–H groups in total. The van der Waals surface area contributed by atoms with Crippen molar-refractivity contribution in [3.8, 4) is 11.1 Å². The minimum absolute atomic E-state index is 0.105. The lowest BCUT2D eigenvalue weighted by atomic mass is 10.1. The van der Waals surface area contributed by atoms with Crippen LogP contribution >= 0.6 is 11.6 Å². The molecule has 0 saturated heterocycles. The van der Waals surface area contributed by atoms with Crippen molar-refractivity contribution in [2.24, 2.45) is 0 Å². The highest BCUT2D eigenvalue weighted by Crippen LogP contribution is 2.32. The molecule has 8 nitrogen and oxygen atoms in total. The van der Waals surface area contributed by atoms with E-state index >= 15 is 0 Å². The first-order chi connectivity index (χ1) is 17.4. The fraction of sp³-hybridized carbons (Fsp3) is 0.385. The summed E-state index contributed by atoms with van der Waals surface area (Å²) in [6.07, 6.45) is 3.46. The molecular weight excluding hydrogens is 487 g/mol. The van der Waals surface area contributed by atoms with E-state index in [2.05, 4.69) is 10.3 Å². The molecule has 0 atom stereocenters. The van der Waals surface area contributed by atoms with Crippen LogP contribution in [0.1, 0.15) is 35.5 Å². The highest BCUT2D eigenvalue weighted by atomic mass is 35.5. The van der Waals surface area contributed by atoms with Crippen molar-refractivity contribution in [1.82, 2.24) is 14.5 Å². The Hall–Kier alpha value is -2.98. The van der Waals surface area contributed by atoms with Gasteiger partial charge in [-0.25, -0.2) is 9.37 Å². The van der Waals surface area contributed by atoms with E-state index in [1.807, 2.05) is 30.7 Å². The molecule has 1 aliphatic heterocycles. The van der Waals surface area contributed by atoms with Crippen LogP contribution in [0.5, 0.6) is 0 Å². The Morgan fingerprint density at radius 2 is 1.94 bits per heavy atom. The number of pyridine rings is 1. The Balaban J connectivity index is 1.71. The highest BCUT2D eigenvalue weighted by molar-refractivity contribution is 6.33. The number of fused-ring (bicyclic) bond motifs is 1. The Labute approximate surface area is 214 Å². The summed E-state index contributed by atoms with van der Waals surface area (Å²) >= 11 is 6.49. The molecule has 1 amide bonds. The van der Waals surface area contributed by atoms with Crippen molar-refractivity contribution in [3.05, 3.63) is 70.4 Å². The minimum atomic E-state index is -0.430. The Kier molecular flexibility index (Phi) is 8.58. The number of ether oxygens (including phenoxy) is 2. The maximum atomic E-state index is 14.0. The second-order valence-corrected chi connectivity index (χ2v) is 9.30. The number of aliphatic hydroxyl groups excluding tert-OH is 1. The summed E-state index contributed by atoms with van der Waals surface area (Å²) in [4.78, 5) is 19.7. The molecule has 0 spiro atoms. The average molecular weight is 517 g/mol. The van der Waals surface area contributed by atoms with Gasteiger partial charge < -0.3 is 29.4 Å². The topological polar surface area (TPSA) is 88.9 Å². The van der Waals surface area contributed by atoms with Gasteiger partial charge in [0.2, 0.25) is 0 Å². The number of carbonyl (C=O) groups is 1. The van der Waals surface area contributed by atoms with Crippen LogP contribution in [0, 0.1) is 5.82 Å². The van der Waals surface area contributed by atoms with Crippen LogP contribution in [0.2, 0.25) is 5.02 Å². The number of aliphatic hydroxyl groups is 1. The van der Waals surface area contributed by atoms with Crippen LogP contribution in [-0.4, -0.2) is 58.1 Å². The first kappa shape index (κ1) is 26.1. The molecule has 36 heavy (non-hydrogen) atoms. The predicted octanol–water partition coefficient (Wildman–Crippen LogP) is 4.30. The van der Waals surface area contributed by atoms with Crippen molar-refractivity contribution in [1.29, 1.82) is 0 Å². The number of rotatable bonds is 6. The quantitative estimate of drug-likeness (QED) is 0.508. The van der Waals surface area contributed by atoms with E-state index in [1.165, 1.54) is 18.2 Å². The van der Waals surface area contributed by atoms with E-state index in [0.29, 0.717) is 40.8 Å². The van der Waals surface area contributed by atoms with Gasteiger partial charge in [0.1, 0.15) is 24.1 Å². The third-order valence-corrected chi connectivity index (χ3v) is 6.16. The average Bonchev–Trinajstić information content (AvgIpc) is 3.26. The van der Waals surface area contributed by atoms with E-state index in [9.17, 15) is 14.3 Å². The molecule has 0 aliphatic carbocycles. The number of aromatic nitrogens is 2. The lowest BCUT2D eigenvalue weighted by molar-refractivity contribution is -0.0582. The number of carbonyl (C=O) groups excluding carboxylic acids is 1. The number of hydrogen-bond donors (Lipinski definition) is 2. The number of hydrogen-bond acceptors (Lipinski definition) is 6. The van der Waals surface area contributed by atoms with Crippen LogP contribution in [0.4, 0.5) is 10.2 Å². The van der Waals surface area contributed by atoms with Crippen molar-refractivity contribution in [2.45, 2.75) is 39.6 Å². The van der Waals surface area contributed by atoms with Gasteiger partial charge in [-0.3, -0.25) is 4.79 Å². The molecule has 4 rings (SSSR count). The van der Waals surface area contributed by atoms with Crippen LogP contribution in [0.3, 0.4) is 0 Å². The molecule has 0 unspecified atom stereocenters. The van der Waals surface area contributed by atoms with E-state index in [0.717, 1.165) is 11.1 Å². The third-order valence-electron chi connectivity index (χ3n) is 5.85. The molecule has 0 bridgehead atoms. The second kappa shape index (κ2) is 11.8. The standard InChI is InChI=1S/C26H30ClFN4O4/c1-17(2)30-25-11-22(23(27)12-29-25)20-10-24-26(34)32(6-8-36-16-35-7-5-31(24)14-20)13-19-9-21(28)4-3-18(19)15-33/h3-4,9-12,14,17,33H,5-8,13,15-16H2,1-2H3,(H,29,30). The van der Waals surface area contributed by atoms with E-state index in [-0.39, 0.29) is 45.0 Å². The number of benzene rings is 1. The van der Waals surface area contributed by atoms with Crippen molar-refractivity contribution < 1.29 is 23.8 Å². The molecule has 0 radical (unpaired) electrons. The molecule has 0 fully saturated rings. The van der Waals surface area contributed by atoms with Gasteiger partial charge in [-0.2, -0.15) is 0 Å². The first-order valence-electron chi connectivity index (χ1n) is 11.8. The zero-order chi connectivity index (χ0) is 25.7. The van der Waals surface area contributed by atoms with Crippen LogP contribution in [0.15, 0.2) is 42.7 Å². The van der Waals surface area contributed by atoms with Gasteiger partial charge in [0.05, 0.1) is 24.8 Å². The molecule has 1 aliphatic rings. The summed E-state index contributed by atoms with van der Waals surface area (Å²) in [5.74, 6) is 0.00996. The fourth-order valence-electron chi connectivity index (χ4n) is 4.09. The highest BCUT2D eigenvalue weighted by Gasteiger charge is 2.23. The Morgan fingerprint density at radius 3 is 2.69 bits per heavy atom. The van der Waals surface area contributed by atoms with Crippen molar-refractivity contribution in [3.63, 3.8) is 0 Å². The smallest absolute Gasteiger partial charge is 0.270 e.